The average Bonchev–Trinajstić information content (AvgIpc) is 2.30. The van der Waals surface area contributed by atoms with E-state index in [4.69, 9.17) is 0 Å². The average molecular weight is 419 g/mol. The summed E-state index contributed by atoms with van der Waals surface area (Å²) < 4.78 is 29.1. The molecule has 6 heteroatoms. The summed E-state index contributed by atoms with van der Waals surface area (Å²) in [7, 11) is -3.60. The molecule has 0 bridgehead atoms. The second-order valence-electron chi connectivity index (χ2n) is 4.53. The van der Waals surface area contributed by atoms with Gasteiger partial charge in [-0.15, -0.1) is 0 Å². The van der Waals surface area contributed by atoms with Gasteiger partial charge in [-0.25, -0.2) is 8.42 Å². The minimum atomic E-state index is -3.60. The van der Waals surface area contributed by atoms with Crippen LogP contribution in [0.3, 0.4) is 0 Å². The molecular formula is C14H13Br2NO2S. The Balaban J connectivity index is 2.43. The number of hydrogen-bond acceptors (Lipinski definition) is 2. The van der Waals surface area contributed by atoms with Crippen molar-refractivity contribution in [1.82, 2.24) is 0 Å². The molecule has 1 N–H and O–H groups in total. The van der Waals surface area contributed by atoms with Crippen molar-refractivity contribution in [3.05, 3.63) is 56.5 Å². The van der Waals surface area contributed by atoms with E-state index in [1.807, 2.05) is 19.1 Å². The first kappa shape index (κ1) is 15.5. The first-order chi connectivity index (χ1) is 9.28. The maximum atomic E-state index is 12.4. The molecule has 2 aromatic rings. The summed E-state index contributed by atoms with van der Waals surface area (Å²) in [6.45, 7) is 3.68. The molecule has 0 amide bonds. The van der Waals surface area contributed by atoms with E-state index in [1.54, 1.807) is 31.2 Å². The predicted molar refractivity (Wildman–Crippen MR) is 88.6 cm³/mol. The fourth-order valence-electron chi connectivity index (χ4n) is 1.87. The molecule has 0 unspecified atom stereocenters. The van der Waals surface area contributed by atoms with E-state index in [0.717, 1.165) is 14.5 Å². The molecule has 0 saturated carbocycles. The highest BCUT2D eigenvalue weighted by atomic mass is 79.9. The van der Waals surface area contributed by atoms with Crippen LogP contribution in [-0.4, -0.2) is 8.42 Å². The molecule has 0 aliphatic carbocycles. The largest absolute Gasteiger partial charge is 0.280 e. The van der Waals surface area contributed by atoms with Gasteiger partial charge in [-0.2, -0.15) is 0 Å². The quantitative estimate of drug-likeness (QED) is 0.789. The summed E-state index contributed by atoms with van der Waals surface area (Å²) in [5.74, 6) is 0. The van der Waals surface area contributed by atoms with Crippen LogP contribution in [0.4, 0.5) is 5.69 Å². The molecular weight excluding hydrogens is 406 g/mol. The fourth-order valence-corrected chi connectivity index (χ4v) is 4.30. The minimum Gasteiger partial charge on any atom is -0.280 e. The van der Waals surface area contributed by atoms with Crippen LogP contribution in [0.1, 0.15) is 11.1 Å². The Labute approximate surface area is 135 Å². The Morgan fingerprint density at radius 3 is 2.30 bits per heavy atom. The SMILES string of the molecule is Cc1cc(Br)cc(NS(=O)(=O)c2cc(Br)ccc2C)c1. The van der Waals surface area contributed by atoms with Gasteiger partial charge in [0.25, 0.3) is 10.0 Å². The molecule has 0 radical (unpaired) electrons. The van der Waals surface area contributed by atoms with Gasteiger partial charge in [-0.3, -0.25) is 4.72 Å². The van der Waals surface area contributed by atoms with E-state index in [-0.39, 0.29) is 4.90 Å². The van der Waals surface area contributed by atoms with Gasteiger partial charge in [0.05, 0.1) is 10.6 Å². The zero-order valence-corrected chi connectivity index (χ0v) is 14.9. The summed E-state index contributed by atoms with van der Waals surface area (Å²) in [5, 5.41) is 0. The van der Waals surface area contributed by atoms with Crippen LogP contribution in [0.25, 0.3) is 0 Å². The molecule has 0 saturated heterocycles. The zero-order valence-electron chi connectivity index (χ0n) is 10.9. The third-order valence-electron chi connectivity index (χ3n) is 2.73. The van der Waals surface area contributed by atoms with Crippen LogP contribution < -0.4 is 4.72 Å². The summed E-state index contributed by atoms with van der Waals surface area (Å²) in [6.07, 6.45) is 0. The number of anilines is 1. The molecule has 0 atom stereocenters. The molecule has 3 nitrogen and oxygen atoms in total. The molecule has 106 valence electrons. The molecule has 0 aliphatic heterocycles. The Morgan fingerprint density at radius 2 is 1.65 bits per heavy atom. The van der Waals surface area contributed by atoms with Crippen molar-refractivity contribution in [3.63, 3.8) is 0 Å². The number of halogens is 2. The third-order valence-corrected chi connectivity index (χ3v) is 5.21. The predicted octanol–water partition coefficient (Wildman–Crippen LogP) is 4.63. The maximum absolute atomic E-state index is 12.4. The van der Waals surface area contributed by atoms with Gasteiger partial charge in [-0.1, -0.05) is 37.9 Å². The van der Waals surface area contributed by atoms with Crippen molar-refractivity contribution >= 4 is 47.6 Å². The summed E-state index contributed by atoms with van der Waals surface area (Å²) in [6, 6.07) is 10.6. The Morgan fingerprint density at radius 1 is 0.950 bits per heavy atom. The first-order valence-electron chi connectivity index (χ1n) is 5.84. The van der Waals surface area contributed by atoms with Crippen molar-refractivity contribution < 1.29 is 8.42 Å². The Bertz CT molecular complexity index is 738. The second-order valence-corrected chi connectivity index (χ2v) is 8.01. The number of aryl methyl sites for hydroxylation is 2. The van der Waals surface area contributed by atoms with Gasteiger partial charge < -0.3 is 0 Å². The summed E-state index contributed by atoms with van der Waals surface area (Å²) >= 11 is 6.66. The molecule has 0 spiro atoms. The standard InChI is InChI=1S/C14H13Br2NO2S/c1-9-5-12(16)7-13(6-9)17-20(18,19)14-8-11(15)4-3-10(14)2/h3-8,17H,1-2H3. The second kappa shape index (κ2) is 5.87. The van der Waals surface area contributed by atoms with Crippen molar-refractivity contribution in [3.8, 4) is 0 Å². The van der Waals surface area contributed by atoms with Crippen LogP contribution in [0.2, 0.25) is 0 Å². The number of benzene rings is 2. The lowest BCUT2D eigenvalue weighted by atomic mass is 10.2. The van der Waals surface area contributed by atoms with Gasteiger partial charge in [0.1, 0.15) is 0 Å². The number of rotatable bonds is 3. The normalized spacial score (nSPS) is 11.4. The topological polar surface area (TPSA) is 46.2 Å². The van der Waals surface area contributed by atoms with Crippen molar-refractivity contribution in [2.24, 2.45) is 0 Å². The van der Waals surface area contributed by atoms with Gasteiger partial charge in [0.2, 0.25) is 0 Å². The number of hydrogen-bond donors (Lipinski definition) is 1. The summed E-state index contributed by atoms with van der Waals surface area (Å²) in [5.41, 5.74) is 2.21. The zero-order chi connectivity index (χ0) is 14.9. The van der Waals surface area contributed by atoms with Crippen LogP contribution in [0, 0.1) is 13.8 Å². The highest BCUT2D eigenvalue weighted by molar-refractivity contribution is 9.10. The molecule has 0 fully saturated rings. The minimum absolute atomic E-state index is 0.268. The maximum Gasteiger partial charge on any atom is 0.262 e. The molecule has 0 aliphatic rings. The first-order valence-corrected chi connectivity index (χ1v) is 8.91. The Kier molecular flexibility index (Phi) is 4.56. The van der Waals surface area contributed by atoms with E-state index in [2.05, 4.69) is 36.6 Å². The summed E-state index contributed by atoms with van der Waals surface area (Å²) in [4.78, 5) is 0.268. The Hall–Kier alpha value is -0.850. The highest BCUT2D eigenvalue weighted by Gasteiger charge is 2.17. The fraction of sp³-hybridized carbons (Fsp3) is 0.143. The molecule has 2 rings (SSSR count). The van der Waals surface area contributed by atoms with E-state index >= 15 is 0 Å². The number of nitrogens with one attached hydrogen (secondary N) is 1. The van der Waals surface area contributed by atoms with Crippen LogP contribution in [-0.2, 0) is 10.0 Å². The van der Waals surface area contributed by atoms with E-state index in [0.29, 0.717) is 11.3 Å². The van der Waals surface area contributed by atoms with E-state index in [9.17, 15) is 8.42 Å². The van der Waals surface area contributed by atoms with E-state index in [1.165, 1.54) is 0 Å². The van der Waals surface area contributed by atoms with Crippen molar-refractivity contribution in [2.45, 2.75) is 18.7 Å². The van der Waals surface area contributed by atoms with Crippen molar-refractivity contribution in [2.75, 3.05) is 4.72 Å². The molecule has 0 aromatic heterocycles. The third kappa shape index (κ3) is 3.62. The smallest absolute Gasteiger partial charge is 0.262 e. The lowest BCUT2D eigenvalue weighted by molar-refractivity contribution is 0.600. The van der Waals surface area contributed by atoms with Gasteiger partial charge in [0.15, 0.2) is 0 Å². The van der Waals surface area contributed by atoms with Gasteiger partial charge in [0, 0.05) is 8.95 Å². The molecule has 20 heavy (non-hydrogen) atoms. The number of sulfonamides is 1. The van der Waals surface area contributed by atoms with Crippen molar-refractivity contribution in [1.29, 1.82) is 0 Å². The van der Waals surface area contributed by atoms with Gasteiger partial charge in [-0.05, 0) is 55.3 Å². The lowest BCUT2D eigenvalue weighted by Gasteiger charge is -2.11. The monoisotopic (exact) mass is 417 g/mol. The van der Waals surface area contributed by atoms with Gasteiger partial charge >= 0.3 is 0 Å². The molecule has 2 aromatic carbocycles. The molecule has 0 heterocycles. The highest BCUT2D eigenvalue weighted by Crippen LogP contribution is 2.25. The van der Waals surface area contributed by atoms with Crippen LogP contribution in [0.5, 0.6) is 0 Å². The van der Waals surface area contributed by atoms with E-state index < -0.39 is 10.0 Å². The van der Waals surface area contributed by atoms with Crippen LogP contribution in [0.15, 0.2) is 50.2 Å². The van der Waals surface area contributed by atoms with Crippen LogP contribution >= 0.6 is 31.9 Å². The lowest BCUT2D eigenvalue weighted by Crippen LogP contribution is -2.14.